The lowest BCUT2D eigenvalue weighted by Gasteiger charge is -2.40. The second kappa shape index (κ2) is 29.5. The van der Waals surface area contributed by atoms with Crippen LogP contribution in [0.5, 0.6) is 0 Å². The molecule has 14 N–H and O–H groups in total. The van der Waals surface area contributed by atoms with Crippen LogP contribution < -0.4 is 16.0 Å². The topological polar surface area (TPSA) is 454 Å². The number of carboxylic acids is 1. The highest BCUT2D eigenvalue weighted by Crippen LogP contribution is 2.39. The molecule has 31 heteroatoms. The van der Waals surface area contributed by atoms with E-state index in [1.54, 1.807) is 0 Å². The molecular weight excluding hydrogens is 986 g/mol. The number of rotatable bonds is 33. The van der Waals surface area contributed by atoms with E-state index < -0.39 is 151 Å². The zero-order valence-corrected chi connectivity index (χ0v) is 39.6. The van der Waals surface area contributed by atoms with Crippen LogP contribution in [0.3, 0.4) is 0 Å². The number of aliphatic hydroxyl groups is 6. The zero-order chi connectivity index (χ0) is 52.2. The van der Waals surface area contributed by atoms with Crippen LogP contribution in [-0.4, -0.2) is 228 Å². The number of ether oxygens (including phenoxy) is 6. The van der Waals surface area contributed by atoms with E-state index >= 15 is 0 Å². The largest absolute Gasteiger partial charge is 0.480 e. The standard InChI is InChI=1S/C39H64N4O25P2/c44-13-7-22-31(49)32(50)25(9-18-69(57,58)59)67-38(22)65-20-23(36(54)42-24(37(55)56)21-66-39-35(53)34(52)33(51)26(68-39)10-19-70(60,61)62)41-28(46)8-14-63-16-17-64-15-11-40-27(45)4-2-1-3-12-43-29(47)5-6-30(43)48/h5-6,23-26,31-35,39,44,49-53H,1-4,7-21H2,(H,40,45)(H,41,46)(H,42,54)(H,55,56)(H2,57,58,59)(H2,60,61,62)/t23?,24?,25?,26?,31?,32-,33?,34?,35?,39?/m1/s1. The lowest BCUT2D eigenvalue weighted by atomic mass is 9.95. The Bertz CT molecular complexity index is 1900. The molecule has 3 rings (SSSR count). The summed E-state index contributed by atoms with van der Waals surface area (Å²) in [6.07, 6.45) is -13.2. The molecule has 3 aliphatic rings. The molecule has 29 nitrogen and oxygen atoms in total. The Morgan fingerprint density at radius 1 is 0.729 bits per heavy atom. The van der Waals surface area contributed by atoms with Gasteiger partial charge < -0.3 is 99.7 Å². The average Bonchev–Trinajstić information content (AvgIpc) is 3.61. The summed E-state index contributed by atoms with van der Waals surface area (Å²) in [5.41, 5.74) is -0.238. The number of carbonyl (C=O) groups is 6. The number of amides is 5. The molecule has 400 valence electrons. The molecule has 0 radical (unpaired) electrons. The Labute approximate surface area is 400 Å². The molecule has 10 atom stereocenters. The molecule has 0 spiro atoms. The Morgan fingerprint density at radius 3 is 1.97 bits per heavy atom. The Balaban J connectivity index is 1.57. The van der Waals surface area contributed by atoms with Gasteiger partial charge in [-0.1, -0.05) is 6.42 Å². The predicted molar refractivity (Wildman–Crippen MR) is 232 cm³/mol. The number of aliphatic carboxylic acids is 1. The first-order valence-electron chi connectivity index (χ1n) is 22.1. The van der Waals surface area contributed by atoms with Gasteiger partial charge >= 0.3 is 21.2 Å². The number of unbranched alkanes of at least 4 members (excludes halogenated alkanes) is 2. The molecule has 70 heavy (non-hydrogen) atoms. The maximum Gasteiger partial charge on any atom is 0.328 e. The van der Waals surface area contributed by atoms with Crippen LogP contribution in [0.2, 0.25) is 0 Å². The number of hydrogen-bond donors (Lipinski definition) is 14. The maximum atomic E-state index is 13.7. The summed E-state index contributed by atoms with van der Waals surface area (Å²) in [4.78, 5) is 113. The molecule has 0 aromatic carbocycles. The fraction of sp³-hybridized carbons (Fsp3) is 0.744. The molecule has 0 aromatic heterocycles. The van der Waals surface area contributed by atoms with Crippen molar-refractivity contribution < 1.29 is 122 Å². The van der Waals surface area contributed by atoms with Crippen molar-refractivity contribution in [3.05, 3.63) is 23.7 Å². The first-order chi connectivity index (χ1) is 32.9. The predicted octanol–water partition coefficient (Wildman–Crippen LogP) is -5.24. The van der Waals surface area contributed by atoms with E-state index in [1.807, 2.05) is 0 Å². The highest BCUT2D eigenvalue weighted by atomic mass is 31.2. The third-order valence-electron chi connectivity index (χ3n) is 10.7. The summed E-state index contributed by atoms with van der Waals surface area (Å²) < 4.78 is 55.6. The molecule has 1 fully saturated rings. The smallest absolute Gasteiger partial charge is 0.328 e. The van der Waals surface area contributed by atoms with Crippen molar-refractivity contribution >= 4 is 50.7 Å². The summed E-state index contributed by atoms with van der Waals surface area (Å²) >= 11 is 0. The van der Waals surface area contributed by atoms with Crippen LogP contribution in [-0.2, 0) is 66.3 Å². The molecule has 3 heterocycles. The Kier molecular flexibility index (Phi) is 25.4. The number of nitrogens with zero attached hydrogens (tertiary/aromatic N) is 1. The fourth-order valence-electron chi connectivity index (χ4n) is 6.89. The van der Waals surface area contributed by atoms with E-state index in [-0.39, 0.29) is 75.7 Å². The molecule has 9 unspecified atom stereocenters. The third kappa shape index (κ3) is 21.0. The molecule has 0 bridgehead atoms. The molecule has 1 saturated heterocycles. The van der Waals surface area contributed by atoms with E-state index in [0.717, 1.165) is 4.90 Å². The minimum atomic E-state index is -4.63. The van der Waals surface area contributed by atoms with Crippen LogP contribution in [0.1, 0.15) is 51.4 Å². The molecule has 3 aliphatic heterocycles. The molecule has 0 aliphatic carbocycles. The first kappa shape index (κ1) is 60.3. The van der Waals surface area contributed by atoms with E-state index in [4.69, 9.17) is 28.4 Å². The maximum absolute atomic E-state index is 13.7. The SMILES string of the molecule is O=C(CCCCCN1C(=O)C=CC1=O)NCCOCCOCCC(=O)NC(COC1=C(CCO)C(O)[C@H](O)C(CCP(=O)(O)O)O1)C(=O)NC(COC1OC(CCP(=O)(O)O)C(O)C(O)C1O)C(=O)O. The summed E-state index contributed by atoms with van der Waals surface area (Å²) in [6.45, 7) is -2.14. The van der Waals surface area contributed by atoms with Crippen LogP contribution in [0.25, 0.3) is 0 Å². The van der Waals surface area contributed by atoms with Gasteiger partial charge in [0, 0.05) is 56.7 Å². The van der Waals surface area contributed by atoms with Crippen molar-refractivity contribution in [2.24, 2.45) is 0 Å². The van der Waals surface area contributed by atoms with Gasteiger partial charge in [-0.05, 0) is 25.7 Å². The van der Waals surface area contributed by atoms with Gasteiger partial charge in [0.2, 0.25) is 17.7 Å². The number of aliphatic hydroxyl groups excluding tert-OH is 6. The van der Waals surface area contributed by atoms with E-state index in [2.05, 4.69) is 16.0 Å². The lowest BCUT2D eigenvalue weighted by Crippen LogP contribution is -2.59. The second-order valence-electron chi connectivity index (χ2n) is 16.2. The van der Waals surface area contributed by atoms with Crippen molar-refractivity contribution in [2.75, 3.05) is 71.7 Å². The molecular formula is C39H64N4O25P2. The Hall–Kier alpha value is -4.00. The lowest BCUT2D eigenvalue weighted by molar-refractivity contribution is -0.297. The molecule has 0 saturated carbocycles. The molecule has 0 aromatic rings. The number of nitrogens with one attached hydrogen (secondary N) is 3. The van der Waals surface area contributed by atoms with Gasteiger partial charge in [-0.25, -0.2) is 4.79 Å². The van der Waals surface area contributed by atoms with Gasteiger partial charge in [0.05, 0.1) is 51.5 Å². The monoisotopic (exact) mass is 1050 g/mol. The third-order valence-corrected chi connectivity index (χ3v) is 12.4. The number of hydrogen-bond acceptors (Lipinski definition) is 20. The van der Waals surface area contributed by atoms with Gasteiger partial charge in [-0.2, -0.15) is 0 Å². The summed E-state index contributed by atoms with van der Waals surface area (Å²) in [5.74, 6) is -5.39. The quantitative estimate of drug-likeness (QED) is 0.0166. The fourth-order valence-corrected chi connectivity index (χ4v) is 8.07. The van der Waals surface area contributed by atoms with Crippen molar-refractivity contribution in [3.8, 4) is 0 Å². The highest BCUT2D eigenvalue weighted by molar-refractivity contribution is 7.52. The van der Waals surface area contributed by atoms with Gasteiger partial charge in [-0.15, -0.1) is 0 Å². The van der Waals surface area contributed by atoms with Crippen molar-refractivity contribution in [2.45, 2.75) is 112 Å². The summed E-state index contributed by atoms with van der Waals surface area (Å²) in [6, 6.07) is -3.82. The van der Waals surface area contributed by atoms with Crippen LogP contribution >= 0.6 is 15.2 Å². The van der Waals surface area contributed by atoms with Crippen molar-refractivity contribution in [1.82, 2.24) is 20.9 Å². The van der Waals surface area contributed by atoms with Gasteiger partial charge in [0.15, 0.2) is 12.3 Å². The second-order valence-corrected chi connectivity index (χ2v) is 19.8. The summed E-state index contributed by atoms with van der Waals surface area (Å²) in [5, 5.41) is 79.1. The van der Waals surface area contributed by atoms with E-state index in [1.165, 1.54) is 12.2 Å². The normalized spacial score (nSPS) is 24.8. The minimum Gasteiger partial charge on any atom is -0.480 e. The average molecular weight is 1050 g/mol. The highest BCUT2D eigenvalue weighted by Gasteiger charge is 2.45. The van der Waals surface area contributed by atoms with Crippen LogP contribution in [0.4, 0.5) is 0 Å². The number of carboxylic acid groups (broad SMARTS) is 1. The minimum absolute atomic E-state index is 0.0115. The van der Waals surface area contributed by atoms with Gasteiger partial charge in [0.25, 0.3) is 17.8 Å². The number of imide groups is 1. The van der Waals surface area contributed by atoms with E-state index in [9.17, 15) is 93.2 Å². The van der Waals surface area contributed by atoms with E-state index in [0.29, 0.717) is 19.3 Å². The van der Waals surface area contributed by atoms with Gasteiger partial charge in [0.1, 0.15) is 49.3 Å². The van der Waals surface area contributed by atoms with Crippen LogP contribution in [0.15, 0.2) is 23.7 Å². The van der Waals surface area contributed by atoms with Crippen LogP contribution in [0, 0.1) is 0 Å². The first-order valence-corrected chi connectivity index (χ1v) is 25.7. The molecule has 5 amide bonds. The van der Waals surface area contributed by atoms with Crippen molar-refractivity contribution in [1.29, 1.82) is 0 Å². The Morgan fingerprint density at radius 2 is 1.36 bits per heavy atom. The van der Waals surface area contributed by atoms with Gasteiger partial charge in [-0.3, -0.25) is 38.0 Å². The summed E-state index contributed by atoms with van der Waals surface area (Å²) in [7, 11) is -9.24. The number of carbonyl (C=O) groups excluding carboxylic acids is 5. The zero-order valence-electron chi connectivity index (χ0n) is 37.8. The van der Waals surface area contributed by atoms with Crippen molar-refractivity contribution in [3.63, 3.8) is 0 Å².